The van der Waals surface area contributed by atoms with Gasteiger partial charge in [0.2, 0.25) is 0 Å². The summed E-state index contributed by atoms with van der Waals surface area (Å²) in [5.74, 6) is 0.811. The Bertz CT molecular complexity index is 279. The molecule has 1 aliphatic carbocycles. The molecule has 0 heterocycles. The van der Waals surface area contributed by atoms with Crippen molar-refractivity contribution < 1.29 is 4.74 Å². The van der Waals surface area contributed by atoms with E-state index in [0.29, 0.717) is 11.8 Å². The third-order valence-electron chi connectivity index (χ3n) is 2.45. The highest BCUT2D eigenvalue weighted by Gasteiger charge is 2.16. The lowest BCUT2D eigenvalue weighted by Gasteiger charge is -2.14. The van der Waals surface area contributed by atoms with E-state index in [2.05, 4.69) is 6.07 Å². The Balaban J connectivity index is 2.04. The van der Waals surface area contributed by atoms with Crippen LogP contribution in [0.2, 0.25) is 0 Å². The van der Waals surface area contributed by atoms with Crippen LogP contribution in [0.25, 0.3) is 0 Å². The molecule has 0 atom stereocenters. The van der Waals surface area contributed by atoms with E-state index in [1.165, 1.54) is 12.8 Å². The van der Waals surface area contributed by atoms with Gasteiger partial charge >= 0.3 is 0 Å². The number of hydrogen-bond donors (Lipinski definition) is 1. The Morgan fingerprint density at radius 3 is 2.85 bits per heavy atom. The smallest absolute Gasteiger partial charge is 0.142 e. The minimum atomic E-state index is 0.379. The maximum absolute atomic E-state index is 5.76. The van der Waals surface area contributed by atoms with Crippen molar-refractivity contribution in [3.05, 3.63) is 24.3 Å². The highest BCUT2D eigenvalue weighted by Crippen LogP contribution is 2.27. The number of rotatable bonds is 2. The molecule has 1 fully saturated rings. The molecule has 1 aromatic rings. The SMILES string of the molecule is Nc1c[c]ccc1OC1CCCC1. The van der Waals surface area contributed by atoms with Crippen LogP contribution in [-0.2, 0) is 0 Å². The van der Waals surface area contributed by atoms with Crippen molar-refractivity contribution in [2.45, 2.75) is 31.8 Å². The van der Waals surface area contributed by atoms with Crippen molar-refractivity contribution in [2.75, 3.05) is 5.73 Å². The second kappa shape index (κ2) is 3.69. The molecule has 0 unspecified atom stereocenters. The summed E-state index contributed by atoms with van der Waals surface area (Å²) >= 11 is 0. The van der Waals surface area contributed by atoms with Crippen LogP contribution >= 0.6 is 0 Å². The molecule has 1 radical (unpaired) electrons. The Labute approximate surface area is 78.7 Å². The van der Waals surface area contributed by atoms with Gasteiger partial charge in [-0.2, -0.15) is 0 Å². The van der Waals surface area contributed by atoms with E-state index >= 15 is 0 Å². The van der Waals surface area contributed by atoms with Gasteiger partial charge in [-0.25, -0.2) is 0 Å². The number of hydrogen-bond acceptors (Lipinski definition) is 2. The first-order valence-corrected chi connectivity index (χ1v) is 4.78. The largest absolute Gasteiger partial charge is 0.488 e. The third kappa shape index (κ3) is 1.94. The Kier molecular flexibility index (Phi) is 2.39. The lowest BCUT2D eigenvalue weighted by atomic mass is 10.2. The fraction of sp³-hybridized carbons (Fsp3) is 0.455. The van der Waals surface area contributed by atoms with Gasteiger partial charge in [0.25, 0.3) is 0 Å². The van der Waals surface area contributed by atoms with Gasteiger partial charge in [0.05, 0.1) is 11.8 Å². The summed E-state index contributed by atoms with van der Waals surface area (Å²) in [4.78, 5) is 0. The molecular formula is C11H14NO. The second-order valence-electron chi connectivity index (χ2n) is 3.49. The van der Waals surface area contributed by atoms with E-state index in [4.69, 9.17) is 10.5 Å². The number of nitrogen functional groups attached to an aromatic ring is 1. The van der Waals surface area contributed by atoms with E-state index in [-0.39, 0.29) is 0 Å². The molecule has 0 bridgehead atoms. The van der Waals surface area contributed by atoms with Gasteiger partial charge in [-0.05, 0) is 43.9 Å². The van der Waals surface area contributed by atoms with Gasteiger partial charge in [-0.1, -0.05) is 6.07 Å². The Hall–Kier alpha value is -1.18. The van der Waals surface area contributed by atoms with Crippen LogP contribution in [0.15, 0.2) is 18.2 Å². The first kappa shape index (κ1) is 8.42. The minimum absolute atomic E-state index is 0.379. The highest BCUT2D eigenvalue weighted by molar-refractivity contribution is 5.51. The van der Waals surface area contributed by atoms with Gasteiger partial charge in [0, 0.05) is 0 Å². The molecule has 2 nitrogen and oxygen atoms in total. The van der Waals surface area contributed by atoms with Crippen LogP contribution in [0.1, 0.15) is 25.7 Å². The summed E-state index contributed by atoms with van der Waals surface area (Å²) in [6.07, 6.45) is 5.27. The molecule has 0 saturated heterocycles. The first-order chi connectivity index (χ1) is 6.36. The molecule has 0 amide bonds. The predicted octanol–water partition coefficient (Wildman–Crippen LogP) is 2.39. The monoisotopic (exact) mass is 176 g/mol. The third-order valence-corrected chi connectivity index (χ3v) is 2.45. The lowest BCUT2D eigenvalue weighted by molar-refractivity contribution is 0.211. The summed E-state index contributed by atoms with van der Waals surface area (Å²) < 4.78 is 5.76. The zero-order chi connectivity index (χ0) is 9.10. The number of anilines is 1. The molecular weight excluding hydrogens is 162 g/mol. The van der Waals surface area contributed by atoms with Crippen LogP contribution < -0.4 is 10.5 Å². The molecule has 1 aromatic carbocycles. The maximum Gasteiger partial charge on any atom is 0.142 e. The van der Waals surface area contributed by atoms with E-state index < -0.39 is 0 Å². The van der Waals surface area contributed by atoms with Crippen LogP contribution in [0.4, 0.5) is 5.69 Å². The summed E-state index contributed by atoms with van der Waals surface area (Å²) in [7, 11) is 0. The number of nitrogens with two attached hydrogens (primary N) is 1. The van der Waals surface area contributed by atoms with Crippen molar-refractivity contribution in [3.63, 3.8) is 0 Å². The molecule has 2 heteroatoms. The Morgan fingerprint density at radius 1 is 1.38 bits per heavy atom. The van der Waals surface area contributed by atoms with Crippen molar-refractivity contribution in [1.29, 1.82) is 0 Å². The van der Waals surface area contributed by atoms with Crippen molar-refractivity contribution in [3.8, 4) is 5.75 Å². The van der Waals surface area contributed by atoms with E-state index in [1.54, 1.807) is 6.07 Å². The summed E-state index contributed by atoms with van der Waals surface area (Å²) in [5.41, 5.74) is 6.43. The van der Waals surface area contributed by atoms with Gasteiger partial charge < -0.3 is 10.5 Å². The van der Waals surface area contributed by atoms with Crippen LogP contribution in [0.3, 0.4) is 0 Å². The van der Waals surface area contributed by atoms with Crippen molar-refractivity contribution in [1.82, 2.24) is 0 Å². The Morgan fingerprint density at radius 2 is 2.15 bits per heavy atom. The zero-order valence-corrected chi connectivity index (χ0v) is 7.62. The molecule has 0 spiro atoms. The van der Waals surface area contributed by atoms with Gasteiger partial charge in [0.1, 0.15) is 5.75 Å². The maximum atomic E-state index is 5.76. The van der Waals surface area contributed by atoms with Crippen LogP contribution in [0.5, 0.6) is 5.75 Å². The standard InChI is InChI=1S/C11H14NO/c12-10-7-3-4-8-11(10)13-9-5-1-2-6-9/h4,7-9H,1-2,5-6,12H2. The topological polar surface area (TPSA) is 35.2 Å². The summed E-state index contributed by atoms with van der Waals surface area (Å²) in [6.45, 7) is 0. The normalized spacial score (nSPS) is 17.5. The summed E-state index contributed by atoms with van der Waals surface area (Å²) in [6, 6.07) is 8.39. The number of ether oxygens (including phenoxy) is 1. The molecule has 2 rings (SSSR count). The summed E-state index contributed by atoms with van der Waals surface area (Å²) in [5, 5.41) is 0. The van der Waals surface area contributed by atoms with Gasteiger partial charge in [-0.15, -0.1) is 0 Å². The first-order valence-electron chi connectivity index (χ1n) is 4.78. The van der Waals surface area contributed by atoms with E-state index in [0.717, 1.165) is 18.6 Å². The average Bonchev–Trinajstić information content (AvgIpc) is 2.61. The second-order valence-corrected chi connectivity index (χ2v) is 3.49. The minimum Gasteiger partial charge on any atom is -0.488 e. The van der Waals surface area contributed by atoms with E-state index in [1.807, 2.05) is 12.1 Å². The molecule has 13 heavy (non-hydrogen) atoms. The highest BCUT2D eigenvalue weighted by atomic mass is 16.5. The molecule has 1 saturated carbocycles. The van der Waals surface area contributed by atoms with Crippen molar-refractivity contribution >= 4 is 5.69 Å². The van der Waals surface area contributed by atoms with Crippen LogP contribution in [-0.4, -0.2) is 6.10 Å². The fourth-order valence-corrected chi connectivity index (χ4v) is 1.72. The molecule has 0 aliphatic heterocycles. The van der Waals surface area contributed by atoms with Gasteiger partial charge in [-0.3, -0.25) is 0 Å². The fourth-order valence-electron chi connectivity index (χ4n) is 1.72. The van der Waals surface area contributed by atoms with E-state index in [9.17, 15) is 0 Å². The molecule has 2 N–H and O–H groups in total. The molecule has 69 valence electrons. The average molecular weight is 176 g/mol. The van der Waals surface area contributed by atoms with Gasteiger partial charge in [0.15, 0.2) is 0 Å². The molecule has 0 aromatic heterocycles. The molecule has 1 aliphatic rings. The zero-order valence-electron chi connectivity index (χ0n) is 7.62. The predicted molar refractivity (Wildman–Crippen MR) is 52.6 cm³/mol. The lowest BCUT2D eigenvalue weighted by Crippen LogP contribution is -2.11. The van der Waals surface area contributed by atoms with Crippen molar-refractivity contribution in [2.24, 2.45) is 0 Å². The van der Waals surface area contributed by atoms with Crippen LogP contribution in [0, 0.1) is 6.07 Å². The quantitative estimate of drug-likeness (QED) is 0.702. The number of benzene rings is 1.